The molecule has 0 aliphatic rings. The zero-order valence-electron chi connectivity index (χ0n) is 13.0. The van der Waals surface area contributed by atoms with Gasteiger partial charge in [0.05, 0.1) is 11.5 Å². The fourth-order valence-electron chi connectivity index (χ4n) is 1.55. The molecule has 0 atom stereocenters. The molecular formula is C15H23IN4O2. The van der Waals surface area contributed by atoms with Crippen molar-refractivity contribution in [1.82, 2.24) is 10.6 Å². The first kappa shape index (κ1) is 20.4. The van der Waals surface area contributed by atoms with Crippen LogP contribution in [0.15, 0.2) is 41.4 Å². The summed E-state index contributed by atoms with van der Waals surface area (Å²) in [4.78, 5) is 14.6. The van der Waals surface area contributed by atoms with Gasteiger partial charge in [-0.3, -0.25) is 10.1 Å². The predicted molar refractivity (Wildman–Crippen MR) is 101 cm³/mol. The Morgan fingerprint density at radius 2 is 1.95 bits per heavy atom. The highest BCUT2D eigenvalue weighted by atomic mass is 127. The standard InChI is InChI=1S/C15H22N4O2.HI/c1-4-9-16-15(17-10-12(2)3)18-11-13-5-7-14(8-6-13)19(20)21;/h5-8H,2,4,9-11H2,1,3H3,(H2,16,17,18);1H. The van der Waals surface area contributed by atoms with E-state index in [1.165, 1.54) is 12.1 Å². The first-order chi connectivity index (χ1) is 10.0. The maximum absolute atomic E-state index is 10.6. The van der Waals surface area contributed by atoms with Gasteiger partial charge in [0.15, 0.2) is 5.96 Å². The summed E-state index contributed by atoms with van der Waals surface area (Å²) in [6.07, 6.45) is 1.01. The van der Waals surface area contributed by atoms with Gasteiger partial charge in [0.2, 0.25) is 0 Å². The molecule has 1 aromatic rings. The van der Waals surface area contributed by atoms with Crippen molar-refractivity contribution in [2.24, 2.45) is 4.99 Å². The first-order valence-corrected chi connectivity index (χ1v) is 6.92. The van der Waals surface area contributed by atoms with Gasteiger partial charge in [-0.15, -0.1) is 24.0 Å². The zero-order valence-corrected chi connectivity index (χ0v) is 15.3. The molecule has 1 aromatic carbocycles. The van der Waals surface area contributed by atoms with Gasteiger partial charge in [-0.05, 0) is 18.9 Å². The summed E-state index contributed by atoms with van der Waals surface area (Å²) < 4.78 is 0. The fourth-order valence-corrected chi connectivity index (χ4v) is 1.55. The van der Waals surface area contributed by atoms with E-state index in [0.29, 0.717) is 13.1 Å². The number of hydrogen-bond donors (Lipinski definition) is 2. The second-order valence-electron chi connectivity index (χ2n) is 4.83. The van der Waals surface area contributed by atoms with Crippen LogP contribution in [0.3, 0.4) is 0 Å². The van der Waals surface area contributed by atoms with Crippen LogP contribution in [0.5, 0.6) is 0 Å². The molecule has 2 N–H and O–H groups in total. The van der Waals surface area contributed by atoms with Crippen LogP contribution < -0.4 is 10.6 Å². The van der Waals surface area contributed by atoms with Crippen molar-refractivity contribution in [3.05, 3.63) is 52.1 Å². The Bertz CT molecular complexity index is 515. The van der Waals surface area contributed by atoms with Crippen LogP contribution in [-0.2, 0) is 6.54 Å². The summed E-state index contributed by atoms with van der Waals surface area (Å²) in [7, 11) is 0. The summed E-state index contributed by atoms with van der Waals surface area (Å²) in [5.41, 5.74) is 2.04. The van der Waals surface area contributed by atoms with Crippen molar-refractivity contribution in [3.8, 4) is 0 Å². The van der Waals surface area contributed by atoms with Crippen LogP contribution in [0.2, 0.25) is 0 Å². The normalized spacial score (nSPS) is 10.5. The van der Waals surface area contributed by atoms with E-state index in [0.717, 1.165) is 30.1 Å². The molecule has 1 rings (SSSR count). The molecule has 0 radical (unpaired) electrons. The lowest BCUT2D eigenvalue weighted by Crippen LogP contribution is -2.38. The predicted octanol–water partition coefficient (Wildman–Crippen LogP) is 3.23. The Labute approximate surface area is 148 Å². The number of guanidine groups is 1. The van der Waals surface area contributed by atoms with Gasteiger partial charge in [0.1, 0.15) is 0 Å². The minimum Gasteiger partial charge on any atom is -0.356 e. The lowest BCUT2D eigenvalue weighted by atomic mass is 10.2. The third-order valence-electron chi connectivity index (χ3n) is 2.67. The number of rotatable bonds is 7. The van der Waals surface area contributed by atoms with Crippen molar-refractivity contribution in [2.75, 3.05) is 13.1 Å². The summed E-state index contributed by atoms with van der Waals surface area (Å²) in [6, 6.07) is 6.42. The molecule has 0 saturated carbocycles. The lowest BCUT2D eigenvalue weighted by Gasteiger charge is -2.11. The lowest BCUT2D eigenvalue weighted by molar-refractivity contribution is -0.384. The van der Waals surface area contributed by atoms with Crippen molar-refractivity contribution in [3.63, 3.8) is 0 Å². The minimum atomic E-state index is -0.407. The van der Waals surface area contributed by atoms with Gasteiger partial charge in [-0.2, -0.15) is 0 Å². The van der Waals surface area contributed by atoms with Gasteiger partial charge < -0.3 is 10.6 Å². The molecule has 0 heterocycles. The average molecular weight is 418 g/mol. The largest absolute Gasteiger partial charge is 0.356 e. The van der Waals surface area contributed by atoms with E-state index in [-0.39, 0.29) is 29.7 Å². The molecule has 0 saturated heterocycles. The van der Waals surface area contributed by atoms with Gasteiger partial charge in [0, 0.05) is 25.2 Å². The topological polar surface area (TPSA) is 79.6 Å². The van der Waals surface area contributed by atoms with Crippen LogP contribution in [0.4, 0.5) is 5.69 Å². The molecule has 0 bridgehead atoms. The van der Waals surface area contributed by atoms with Crippen LogP contribution in [0.1, 0.15) is 25.8 Å². The SMILES string of the molecule is C=C(C)CNC(=NCc1ccc([N+](=O)[O-])cc1)NCCC.I. The van der Waals surface area contributed by atoms with Crippen LogP contribution in [0, 0.1) is 10.1 Å². The van der Waals surface area contributed by atoms with Crippen LogP contribution in [-0.4, -0.2) is 24.0 Å². The van der Waals surface area contributed by atoms with Crippen LogP contribution >= 0.6 is 24.0 Å². The van der Waals surface area contributed by atoms with Gasteiger partial charge in [0.25, 0.3) is 5.69 Å². The number of aliphatic imine (C=N–C) groups is 1. The van der Waals surface area contributed by atoms with Gasteiger partial charge in [-0.1, -0.05) is 31.2 Å². The molecule has 122 valence electrons. The molecule has 6 nitrogen and oxygen atoms in total. The Morgan fingerprint density at radius 1 is 1.32 bits per heavy atom. The van der Waals surface area contributed by atoms with Crippen molar-refractivity contribution in [1.29, 1.82) is 0 Å². The second-order valence-corrected chi connectivity index (χ2v) is 4.83. The van der Waals surface area contributed by atoms with Crippen molar-refractivity contribution in [2.45, 2.75) is 26.8 Å². The van der Waals surface area contributed by atoms with E-state index < -0.39 is 4.92 Å². The summed E-state index contributed by atoms with van der Waals surface area (Å²) in [5.74, 6) is 0.721. The van der Waals surface area contributed by atoms with Gasteiger partial charge >= 0.3 is 0 Å². The Hall–Kier alpha value is -1.64. The Balaban J connectivity index is 0.00000441. The highest BCUT2D eigenvalue weighted by molar-refractivity contribution is 14.0. The summed E-state index contributed by atoms with van der Waals surface area (Å²) in [6.45, 7) is 9.83. The molecule has 0 fully saturated rings. The molecule has 0 unspecified atom stereocenters. The maximum atomic E-state index is 10.6. The highest BCUT2D eigenvalue weighted by Gasteiger charge is 2.04. The molecular weight excluding hydrogens is 395 g/mol. The quantitative estimate of drug-likeness (QED) is 0.178. The fraction of sp³-hybridized carbons (Fsp3) is 0.400. The van der Waals surface area contributed by atoms with E-state index in [4.69, 9.17) is 0 Å². The average Bonchev–Trinajstić information content (AvgIpc) is 2.46. The third-order valence-corrected chi connectivity index (χ3v) is 2.67. The van der Waals surface area contributed by atoms with Crippen molar-refractivity contribution >= 4 is 35.6 Å². The molecule has 22 heavy (non-hydrogen) atoms. The molecule has 0 aliphatic carbocycles. The van der Waals surface area contributed by atoms with E-state index in [2.05, 4.69) is 29.1 Å². The third kappa shape index (κ3) is 7.96. The number of non-ortho nitro benzene ring substituents is 1. The van der Waals surface area contributed by atoms with Crippen LogP contribution in [0.25, 0.3) is 0 Å². The van der Waals surface area contributed by atoms with E-state index >= 15 is 0 Å². The maximum Gasteiger partial charge on any atom is 0.269 e. The Kier molecular flexibility index (Phi) is 10.2. The number of nitro groups is 1. The monoisotopic (exact) mass is 418 g/mol. The van der Waals surface area contributed by atoms with E-state index in [1.807, 2.05) is 6.92 Å². The smallest absolute Gasteiger partial charge is 0.269 e. The van der Waals surface area contributed by atoms with Gasteiger partial charge in [-0.25, -0.2) is 4.99 Å². The Morgan fingerprint density at radius 3 is 2.45 bits per heavy atom. The number of hydrogen-bond acceptors (Lipinski definition) is 3. The van der Waals surface area contributed by atoms with E-state index in [9.17, 15) is 10.1 Å². The molecule has 7 heteroatoms. The summed E-state index contributed by atoms with van der Waals surface area (Å²) >= 11 is 0. The number of nitro benzene ring substituents is 1. The molecule has 0 aromatic heterocycles. The summed E-state index contributed by atoms with van der Waals surface area (Å²) in [5, 5.41) is 17.0. The van der Waals surface area contributed by atoms with E-state index in [1.54, 1.807) is 12.1 Å². The number of benzene rings is 1. The molecule has 0 amide bonds. The highest BCUT2D eigenvalue weighted by Crippen LogP contribution is 2.12. The molecule has 0 spiro atoms. The molecule has 0 aliphatic heterocycles. The zero-order chi connectivity index (χ0) is 15.7. The second kappa shape index (κ2) is 11.0. The minimum absolute atomic E-state index is 0. The first-order valence-electron chi connectivity index (χ1n) is 6.92. The van der Waals surface area contributed by atoms with Crippen molar-refractivity contribution < 1.29 is 4.92 Å². The number of halogens is 1. The number of nitrogens with one attached hydrogen (secondary N) is 2. The number of nitrogens with zero attached hydrogens (tertiary/aromatic N) is 2.